The number of halogens is 1. The van der Waals surface area contributed by atoms with Crippen LogP contribution in [0, 0.1) is 5.82 Å². The second kappa shape index (κ2) is 4.29. The summed E-state index contributed by atoms with van der Waals surface area (Å²) in [6.45, 7) is 0. The predicted octanol–water partition coefficient (Wildman–Crippen LogP) is 1.53. The van der Waals surface area contributed by atoms with E-state index in [1.807, 2.05) is 0 Å². The van der Waals surface area contributed by atoms with Crippen molar-refractivity contribution in [2.45, 2.75) is 10.6 Å². The summed E-state index contributed by atoms with van der Waals surface area (Å²) in [4.78, 5) is 4.05. The Hall–Kier alpha value is -1.69. The van der Waals surface area contributed by atoms with Crippen molar-refractivity contribution in [3.8, 4) is 0 Å². The summed E-state index contributed by atoms with van der Waals surface area (Å²) in [6.07, 6.45) is 3.21. The van der Waals surface area contributed by atoms with Crippen molar-refractivity contribution in [2.24, 2.45) is 7.05 Å². The molecule has 1 aromatic heterocycles. The fourth-order valence-corrected chi connectivity index (χ4v) is 2.77. The van der Waals surface area contributed by atoms with Crippen LogP contribution in [0.5, 0.6) is 0 Å². The van der Waals surface area contributed by atoms with Gasteiger partial charge in [0.2, 0.25) is 0 Å². The highest BCUT2D eigenvalue weighted by atomic mass is 32.2. The van der Waals surface area contributed by atoms with E-state index in [2.05, 4.69) is 4.98 Å². The molecule has 0 aliphatic rings. The fraction of sp³-hybridized carbons (Fsp3) is 0.182. The second-order valence-corrected chi connectivity index (χ2v) is 5.66. The van der Waals surface area contributed by atoms with Gasteiger partial charge < -0.3 is 4.57 Å². The second-order valence-electron chi connectivity index (χ2n) is 3.67. The first kappa shape index (κ1) is 11.8. The lowest BCUT2D eigenvalue weighted by Gasteiger charge is -2.04. The molecule has 0 aliphatic heterocycles. The summed E-state index contributed by atoms with van der Waals surface area (Å²) in [5.41, 5.74) is 0. The lowest BCUT2D eigenvalue weighted by Crippen LogP contribution is -2.09. The molecule has 0 saturated carbocycles. The quantitative estimate of drug-likeness (QED) is 0.781. The number of hydrogen-bond acceptors (Lipinski definition) is 3. The first-order valence-electron chi connectivity index (χ1n) is 4.93. The topological polar surface area (TPSA) is 52.0 Å². The number of hydrogen-bond donors (Lipinski definition) is 0. The molecule has 0 saturated heterocycles. The highest BCUT2D eigenvalue weighted by Gasteiger charge is 2.17. The molecule has 0 unspecified atom stereocenters. The van der Waals surface area contributed by atoms with E-state index in [0.717, 1.165) is 12.1 Å². The largest absolute Gasteiger partial charge is 0.337 e. The van der Waals surface area contributed by atoms with Gasteiger partial charge in [0, 0.05) is 19.4 Å². The van der Waals surface area contributed by atoms with Crippen LogP contribution in [0.1, 0.15) is 5.82 Å². The standard InChI is InChI=1S/C11H11FN2O2S/c1-14-7-6-13-11(14)8-17(15,16)10-4-2-9(12)3-5-10/h2-7H,8H2,1H3. The van der Waals surface area contributed by atoms with E-state index in [1.165, 1.54) is 18.3 Å². The van der Waals surface area contributed by atoms with Crippen molar-refractivity contribution in [2.75, 3.05) is 0 Å². The average molecular weight is 254 g/mol. The molecular formula is C11H11FN2O2S. The summed E-state index contributed by atoms with van der Waals surface area (Å²) < 4.78 is 38.3. The number of aromatic nitrogens is 2. The number of imidazole rings is 1. The Balaban J connectivity index is 2.31. The molecule has 0 aliphatic carbocycles. The normalized spacial score (nSPS) is 11.6. The Labute approximate surface area is 98.6 Å². The third-order valence-electron chi connectivity index (χ3n) is 2.41. The van der Waals surface area contributed by atoms with Gasteiger partial charge >= 0.3 is 0 Å². The molecule has 0 bridgehead atoms. The lowest BCUT2D eigenvalue weighted by atomic mass is 10.4. The van der Waals surface area contributed by atoms with Gasteiger partial charge in [0.15, 0.2) is 9.84 Å². The van der Waals surface area contributed by atoms with E-state index < -0.39 is 15.7 Å². The van der Waals surface area contributed by atoms with Crippen molar-refractivity contribution in [1.82, 2.24) is 9.55 Å². The minimum atomic E-state index is -3.47. The van der Waals surface area contributed by atoms with Crippen molar-refractivity contribution >= 4 is 9.84 Å². The molecule has 2 rings (SSSR count). The van der Waals surface area contributed by atoms with E-state index in [4.69, 9.17) is 0 Å². The van der Waals surface area contributed by atoms with Gasteiger partial charge in [-0.25, -0.2) is 17.8 Å². The van der Waals surface area contributed by atoms with Gasteiger partial charge in [0.25, 0.3) is 0 Å². The van der Waals surface area contributed by atoms with Crippen LogP contribution in [0.4, 0.5) is 4.39 Å². The van der Waals surface area contributed by atoms with Crippen LogP contribution in [-0.4, -0.2) is 18.0 Å². The molecule has 0 atom stereocenters. The Kier molecular flexibility index (Phi) is 2.97. The van der Waals surface area contributed by atoms with Crippen LogP contribution in [0.3, 0.4) is 0 Å². The van der Waals surface area contributed by atoms with Crippen LogP contribution < -0.4 is 0 Å². The van der Waals surface area contributed by atoms with Gasteiger partial charge in [-0.2, -0.15) is 0 Å². The van der Waals surface area contributed by atoms with E-state index in [0.29, 0.717) is 5.82 Å². The summed E-state index contributed by atoms with van der Waals surface area (Å²) in [5.74, 6) is -0.197. The molecule has 1 heterocycles. The van der Waals surface area contributed by atoms with E-state index in [1.54, 1.807) is 17.8 Å². The lowest BCUT2D eigenvalue weighted by molar-refractivity contribution is 0.591. The van der Waals surface area contributed by atoms with Gasteiger partial charge in [-0.15, -0.1) is 0 Å². The predicted molar refractivity (Wildman–Crippen MR) is 60.5 cm³/mol. The highest BCUT2D eigenvalue weighted by Crippen LogP contribution is 2.15. The van der Waals surface area contributed by atoms with Crippen molar-refractivity contribution in [1.29, 1.82) is 0 Å². The summed E-state index contributed by atoms with van der Waals surface area (Å²) in [7, 11) is -1.75. The molecule has 0 amide bonds. The molecular weight excluding hydrogens is 243 g/mol. The first-order chi connectivity index (χ1) is 7.99. The maximum atomic E-state index is 12.7. The van der Waals surface area contributed by atoms with Crippen LogP contribution >= 0.6 is 0 Å². The number of nitrogens with zero attached hydrogens (tertiary/aromatic N) is 2. The number of sulfone groups is 1. The molecule has 4 nitrogen and oxygen atoms in total. The van der Waals surface area contributed by atoms with Crippen molar-refractivity contribution < 1.29 is 12.8 Å². The molecule has 2 aromatic rings. The SMILES string of the molecule is Cn1ccnc1CS(=O)(=O)c1ccc(F)cc1. The summed E-state index contributed by atoms with van der Waals surface area (Å²) in [6, 6.07) is 4.78. The third kappa shape index (κ3) is 2.52. The maximum Gasteiger partial charge on any atom is 0.185 e. The first-order valence-corrected chi connectivity index (χ1v) is 6.59. The number of benzene rings is 1. The summed E-state index contributed by atoms with van der Waals surface area (Å²) in [5, 5.41) is 0. The van der Waals surface area contributed by atoms with Gasteiger partial charge in [-0.1, -0.05) is 0 Å². The molecule has 6 heteroatoms. The highest BCUT2D eigenvalue weighted by molar-refractivity contribution is 7.90. The fourth-order valence-electron chi connectivity index (χ4n) is 1.43. The van der Waals surface area contributed by atoms with Crippen LogP contribution in [-0.2, 0) is 22.6 Å². The van der Waals surface area contributed by atoms with E-state index in [9.17, 15) is 12.8 Å². The van der Waals surface area contributed by atoms with E-state index >= 15 is 0 Å². The van der Waals surface area contributed by atoms with Crippen LogP contribution in [0.25, 0.3) is 0 Å². The molecule has 0 radical (unpaired) electrons. The minimum absolute atomic E-state index is 0.0990. The van der Waals surface area contributed by atoms with Crippen LogP contribution in [0.15, 0.2) is 41.6 Å². The molecule has 17 heavy (non-hydrogen) atoms. The van der Waals surface area contributed by atoms with Gasteiger partial charge in [0.1, 0.15) is 17.4 Å². The Morgan fingerprint density at radius 3 is 2.47 bits per heavy atom. The Morgan fingerprint density at radius 1 is 1.29 bits per heavy atom. The number of rotatable bonds is 3. The molecule has 0 fully saturated rings. The third-order valence-corrected chi connectivity index (χ3v) is 4.04. The van der Waals surface area contributed by atoms with Crippen molar-refractivity contribution in [3.05, 3.63) is 48.3 Å². The molecule has 1 aromatic carbocycles. The van der Waals surface area contributed by atoms with Gasteiger partial charge in [-0.05, 0) is 24.3 Å². The Bertz CT molecular complexity index is 617. The molecule has 90 valence electrons. The number of aryl methyl sites for hydroxylation is 1. The maximum absolute atomic E-state index is 12.7. The average Bonchev–Trinajstić information content (AvgIpc) is 2.64. The minimum Gasteiger partial charge on any atom is -0.337 e. The molecule has 0 spiro atoms. The van der Waals surface area contributed by atoms with Gasteiger partial charge in [-0.3, -0.25) is 0 Å². The smallest absolute Gasteiger partial charge is 0.185 e. The zero-order valence-corrected chi connectivity index (χ0v) is 9.98. The Morgan fingerprint density at radius 2 is 1.94 bits per heavy atom. The van der Waals surface area contributed by atoms with Crippen LogP contribution in [0.2, 0.25) is 0 Å². The zero-order valence-electron chi connectivity index (χ0n) is 9.17. The summed E-state index contributed by atoms with van der Waals surface area (Å²) >= 11 is 0. The van der Waals surface area contributed by atoms with Crippen molar-refractivity contribution in [3.63, 3.8) is 0 Å². The zero-order chi connectivity index (χ0) is 12.5. The van der Waals surface area contributed by atoms with Gasteiger partial charge in [0.05, 0.1) is 4.90 Å². The van der Waals surface area contributed by atoms with E-state index in [-0.39, 0.29) is 10.6 Å². The molecule has 0 N–H and O–H groups in total. The monoisotopic (exact) mass is 254 g/mol.